The molecule has 0 aromatic carbocycles. The zero-order chi connectivity index (χ0) is 11.0. The minimum atomic E-state index is 0.555. The number of halogens is 2. The zero-order valence-corrected chi connectivity index (χ0v) is 11.9. The first-order valence-corrected chi connectivity index (χ1v) is 6.67. The summed E-state index contributed by atoms with van der Waals surface area (Å²) in [5, 5.41) is 0. The molecular weight excluding hydrogens is 322 g/mol. The Kier molecular flexibility index (Phi) is 3.30. The van der Waals surface area contributed by atoms with Gasteiger partial charge in [-0.15, -0.1) is 0 Å². The van der Waals surface area contributed by atoms with Crippen LogP contribution < -0.4 is 4.90 Å². The van der Waals surface area contributed by atoms with Crippen molar-refractivity contribution >= 4 is 37.7 Å². The molecule has 0 radical (unpaired) electrons. The van der Waals surface area contributed by atoms with Gasteiger partial charge < -0.3 is 4.90 Å². The van der Waals surface area contributed by atoms with Crippen LogP contribution in [0, 0.1) is 12.8 Å². The molecule has 1 fully saturated rings. The van der Waals surface area contributed by atoms with Gasteiger partial charge in [-0.3, -0.25) is 0 Å². The molecule has 1 aliphatic rings. The maximum atomic E-state index is 4.47. The van der Waals surface area contributed by atoms with Gasteiger partial charge in [-0.1, -0.05) is 22.9 Å². The van der Waals surface area contributed by atoms with Crippen molar-refractivity contribution in [2.24, 2.45) is 5.92 Å². The Bertz CT molecular complexity index is 360. The fourth-order valence-electron chi connectivity index (χ4n) is 1.77. The molecule has 1 aromatic rings. The average molecular weight is 335 g/mol. The first-order valence-electron chi connectivity index (χ1n) is 4.96. The van der Waals surface area contributed by atoms with E-state index in [2.05, 4.69) is 53.7 Å². The quantitative estimate of drug-likeness (QED) is 0.739. The van der Waals surface area contributed by atoms with Crippen LogP contribution in [0.5, 0.6) is 0 Å². The molecule has 1 aliphatic heterocycles. The number of hydrogen-bond donors (Lipinski definition) is 0. The van der Waals surface area contributed by atoms with E-state index in [1.807, 2.05) is 13.1 Å². The van der Waals surface area contributed by atoms with Crippen molar-refractivity contribution in [3.63, 3.8) is 0 Å². The van der Waals surface area contributed by atoms with Crippen molar-refractivity contribution < 1.29 is 0 Å². The third kappa shape index (κ3) is 2.33. The molecule has 15 heavy (non-hydrogen) atoms. The second kappa shape index (κ2) is 4.37. The molecule has 0 N–H and O–H groups in total. The molecule has 82 valence electrons. The predicted octanol–water partition coefficient (Wildman–Crippen LogP) is 2.77. The Morgan fingerprint density at radius 2 is 2.20 bits per heavy atom. The molecule has 0 bridgehead atoms. The number of aromatic nitrogens is 2. The predicted molar refractivity (Wildman–Crippen MR) is 68.6 cm³/mol. The van der Waals surface area contributed by atoms with E-state index >= 15 is 0 Å². The van der Waals surface area contributed by atoms with Crippen molar-refractivity contribution in [1.29, 1.82) is 0 Å². The molecule has 5 heteroatoms. The summed E-state index contributed by atoms with van der Waals surface area (Å²) in [6.45, 7) is 6.23. The van der Waals surface area contributed by atoms with E-state index in [9.17, 15) is 0 Å². The van der Waals surface area contributed by atoms with Gasteiger partial charge in [0, 0.05) is 24.1 Å². The van der Waals surface area contributed by atoms with Crippen LogP contribution in [0.25, 0.3) is 0 Å². The van der Waals surface area contributed by atoms with Crippen LogP contribution in [0.3, 0.4) is 0 Å². The summed E-state index contributed by atoms with van der Waals surface area (Å²) < 4.78 is 0.974. The SMILES string of the molecule is Cc1ncc(Br)c(N2CC(C)C(Br)C2)n1. The van der Waals surface area contributed by atoms with Gasteiger partial charge in [0.15, 0.2) is 0 Å². The van der Waals surface area contributed by atoms with Gasteiger partial charge in [0.1, 0.15) is 11.6 Å². The molecule has 2 atom stereocenters. The first kappa shape index (κ1) is 11.3. The lowest BCUT2D eigenvalue weighted by Crippen LogP contribution is -2.22. The smallest absolute Gasteiger partial charge is 0.146 e. The van der Waals surface area contributed by atoms with Crippen molar-refractivity contribution in [3.8, 4) is 0 Å². The van der Waals surface area contributed by atoms with E-state index in [-0.39, 0.29) is 0 Å². The van der Waals surface area contributed by atoms with Crippen molar-refractivity contribution in [2.75, 3.05) is 18.0 Å². The Hall–Kier alpha value is -0.160. The Morgan fingerprint density at radius 3 is 2.80 bits per heavy atom. The van der Waals surface area contributed by atoms with Gasteiger partial charge in [0.2, 0.25) is 0 Å². The second-order valence-corrected chi connectivity index (χ2v) is 6.02. The maximum absolute atomic E-state index is 4.47. The molecule has 1 saturated heterocycles. The minimum Gasteiger partial charge on any atom is -0.354 e. The summed E-state index contributed by atoms with van der Waals surface area (Å²) in [4.78, 5) is 11.5. The first-order chi connectivity index (χ1) is 7.08. The lowest BCUT2D eigenvalue weighted by Gasteiger charge is -2.18. The molecular formula is C10H13Br2N3. The summed E-state index contributed by atoms with van der Waals surface area (Å²) in [7, 11) is 0. The van der Waals surface area contributed by atoms with Gasteiger partial charge in [0.25, 0.3) is 0 Å². The van der Waals surface area contributed by atoms with Crippen LogP contribution in [-0.4, -0.2) is 27.9 Å². The molecule has 2 unspecified atom stereocenters. The van der Waals surface area contributed by atoms with Crippen LogP contribution in [0.4, 0.5) is 5.82 Å². The number of aryl methyl sites for hydroxylation is 1. The number of anilines is 1. The average Bonchev–Trinajstić information content (AvgIpc) is 2.51. The summed E-state index contributed by atoms with van der Waals surface area (Å²) in [5.74, 6) is 2.49. The molecule has 0 spiro atoms. The van der Waals surface area contributed by atoms with Crippen LogP contribution in [0.2, 0.25) is 0 Å². The fourth-order valence-corrected chi connectivity index (χ4v) is 2.72. The van der Waals surface area contributed by atoms with Crippen LogP contribution in [0.1, 0.15) is 12.7 Å². The molecule has 0 aliphatic carbocycles. The topological polar surface area (TPSA) is 29.0 Å². The van der Waals surface area contributed by atoms with E-state index in [1.54, 1.807) is 0 Å². The van der Waals surface area contributed by atoms with E-state index in [0.29, 0.717) is 10.7 Å². The van der Waals surface area contributed by atoms with Crippen molar-refractivity contribution in [1.82, 2.24) is 9.97 Å². The molecule has 0 amide bonds. The van der Waals surface area contributed by atoms with Crippen LogP contribution in [0.15, 0.2) is 10.7 Å². The normalized spacial score (nSPS) is 26.0. The van der Waals surface area contributed by atoms with Gasteiger partial charge >= 0.3 is 0 Å². The molecule has 1 aromatic heterocycles. The van der Waals surface area contributed by atoms with Crippen LogP contribution >= 0.6 is 31.9 Å². The number of rotatable bonds is 1. The van der Waals surface area contributed by atoms with E-state index in [0.717, 1.165) is 29.2 Å². The Balaban J connectivity index is 2.27. The third-order valence-electron chi connectivity index (χ3n) is 2.67. The summed E-state index contributed by atoms with van der Waals surface area (Å²) in [6.07, 6.45) is 1.82. The number of hydrogen-bond acceptors (Lipinski definition) is 3. The maximum Gasteiger partial charge on any atom is 0.146 e. The van der Waals surface area contributed by atoms with E-state index < -0.39 is 0 Å². The molecule has 0 saturated carbocycles. The highest BCUT2D eigenvalue weighted by molar-refractivity contribution is 9.10. The highest BCUT2D eigenvalue weighted by Gasteiger charge is 2.29. The standard InChI is InChI=1S/C10H13Br2N3/c1-6-4-15(5-9(6)12)10-8(11)3-13-7(2)14-10/h3,6,9H,4-5H2,1-2H3. The highest BCUT2D eigenvalue weighted by Crippen LogP contribution is 2.31. The second-order valence-electron chi connectivity index (χ2n) is 3.99. The van der Waals surface area contributed by atoms with Crippen molar-refractivity contribution in [3.05, 3.63) is 16.5 Å². The van der Waals surface area contributed by atoms with Gasteiger partial charge in [-0.25, -0.2) is 9.97 Å². The summed E-state index contributed by atoms with van der Waals surface area (Å²) in [5.41, 5.74) is 0. The summed E-state index contributed by atoms with van der Waals surface area (Å²) >= 11 is 7.18. The largest absolute Gasteiger partial charge is 0.354 e. The number of alkyl halides is 1. The van der Waals surface area contributed by atoms with E-state index in [1.165, 1.54) is 0 Å². The Morgan fingerprint density at radius 1 is 1.47 bits per heavy atom. The van der Waals surface area contributed by atoms with Gasteiger partial charge in [-0.2, -0.15) is 0 Å². The third-order valence-corrected chi connectivity index (χ3v) is 4.42. The highest BCUT2D eigenvalue weighted by atomic mass is 79.9. The molecule has 2 rings (SSSR count). The lowest BCUT2D eigenvalue weighted by atomic mass is 10.2. The summed E-state index contributed by atoms with van der Waals surface area (Å²) in [6, 6.07) is 0. The van der Waals surface area contributed by atoms with Crippen LogP contribution in [-0.2, 0) is 0 Å². The van der Waals surface area contributed by atoms with Gasteiger partial charge in [-0.05, 0) is 28.8 Å². The minimum absolute atomic E-state index is 0.555. The lowest BCUT2D eigenvalue weighted by molar-refractivity contribution is 0.678. The molecule has 2 heterocycles. The number of nitrogens with zero attached hydrogens (tertiary/aromatic N) is 3. The Labute approximate surface area is 107 Å². The van der Waals surface area contributed by atoms with Gasteiger partial charge in [0.05, 0.1) is 4.47 Å². The zero-order valence-electron chi connectivity index (χ0n) is 8.74. The van der Waals surface area contributed by atoms with E-state index in [4.69, 9.17) is 0 Å². The molecule has 3 nitrogen and oxygen atoms in total. The fraction of sp³-hybridized carbons (Fsp3) is 0.600. The van der Waals surface area contributed by atoms with Crippen molar-refractivity contribution in [2.45, 2.75) is 18.7 Å². The monoisotopic (exact) mass is 333 g/mol.